The summed E-state index contributed by atoms with van der Waals surface area (Å²) in [6, 6.07) is 3.33. The maximum atomic E-state index is 12.6. The Balaban J connectivity index is 1.63. The van der Waals surface area contributed by atoms with Gasteiger partial charge in [-0.15, -0.1) is 0 Å². The van der Waals surface area contributed by atoms with E-state index in [9.17, 15) is 4.79 Å². The Morgan fingerprint density at radius 1 is 1.25 bits per heavy atom. The van der Waals surface area contributed by atoms with Crippen LogP contribution in [0.2, 0.25) is 0 Å². The number of carbonyl (C=O) groups is 1. The molecule has 3 rings (SSSR count). The van der Waals surface area contributed by atoms with Gasteiger partial charge in [0, 0.05) is 50.3 Å². The van der Waals surface area contributed by atoms with Gasteiger partial charge in [0.25, 0.3) is 0 Å². The second-order valence-corrected chi connectivity index (χ2v) is 5.83. The highest BCUT2D eigenvalue weighted by Gasteiger charge is 2.27. The van der Waals surface area contributed by atoms with Gasteiger partial charge in [-0.3, -0.25) is 9.48 Å². The number of hydrogen-bond donors (Lipinski definition) is 0. The smallest absolute Gasteiger partial charge is 0.247 e. The van der Waals surface area contributed by atoms with Crippen molar-refractivity contribution in [2.24, 2.45) is 0 Å². The zero-order chi connectivity index (χ0) is 17.1. The minimum Gasteiger partial charge on any atom is -0.481 e. The average molecular weight is 330 g/mol. The summed E-state index contributed by atoms with van der Waals surface area (Å²) in [6.45, 7) is 6.47. The molecule has 0 unspecified atom stereocenters. The second-order valence-electron chi connectivity index (χ2n) is 5.83. The summed E-state index contributed by atoms with van der Waals surface area (Å²) >= 11 is 0. The molecule has 8 nitrogen and oxygen atoms in total. The van der Waals surface area contributed by atoms with Crippen molar-refractivity contribution in [1.82, 2.24) is 24.6 Å². The van der Waals surface area contributed by atoms with Crippen LogP contribution < -0.4 is 9.64 Å². The zero-order valence-corrected chi connectivity index (χ0v) is 14.2. The lowest BCUT2D eigenvalue weighted by Crippen LogP contribution is -2.50. The summed E-state index contributed by atoms with van der Waals surface area (Å²) in [5.41, 5.74) is 0.864. The molecule has 1 fully saturated rings. The number of rotatable bonds is 4. The van der Waals surface area contributed by atoms with Gasteiger partial charge in [-0.1, -0.05) is 0 Å². The Labute approximate surface area is 141 Å². The Morgan fingerprint density at radius 2 is 2.00 bits per heavy atom. The molecule has 1 aliphatic rings. The van der Waals surface area contributed by atoms with Gasteiger partial charge >= 0.3 is 0 Å². The van der Waals surface area contributed by atoms with Gasteiger partial charge in [-0.25, -0.2) is 4.98 Å². The molecule has 1 amide bonds. The number of piperazine rings is 1. The van der Waals surface area contributed by atoms with Gasteiger partial charge < -0.3 is 14.5 Å². The summed E-state index contributed by atoms with van der Waals surface area (Å²) in [4.78, 5) is 25.4. The molecule has 3 heterocycles. The van der Waals surface area contributed by atoms with Crippen molar-refractivity contribution in [3.63, 3.8) is 0 Å². The highest BCUT2D eigenvalue weighted by atomic mass is 16.5. The van der Waals surface area contributed by atoms with Crippen molar-refractivity contribution >= 4 is 11.9 Å². The first kappa shape index (κ1) is 16.2. The van der Waals surface area contributed by atoms with Crippen molar-refractivity contribution in [3.05, 3.63) is 30.2 Å². The molecule has 24 heavy (non-hydrogen) atoms. The van der Waals surface area contributed by atoms with Gasteiger partial charge in [0.15, 0.2) is 0 Å². The average Bonchev–Trinajstić information content (AvgIpc) is 3.14. The molecule has 8 heteroatoms. The molecule has 2 aromatic rings. The molecule has 2 aromatic heterocycles. The van der Waals surface area contributed by atoms with Crippen LogP contribution >= 0.6 is 0 Å². The van der Waals surface area contributed by atoms with Crippen LogP contribution in [0.25, 0.3) is 0 Å². The van der Waals surface area contributed by atoms with Gasteiger partial charge in [-0.2, -0.15) is 10.1 Å². The number of aromatic nitrogens is 4. The van der Waals surface area contributed by atoms with Crippen molar-refractivity contribution in [1.29, 1.82) is 0 Å². The first-order chi connectivity index (χ1) is 11.6. The van der Waals surface area contributed by atoms with Crippen LogP contribution in [0.3, 0.4) is 0 Å². The number of methoxy groups -OCH3 is 1. The maximum Gasteiger partial charge on any atom is 0.247 e. The van der Waals surface area contributed by atoms with E-state index in [0.29, 0.717) is 38.0 Å². The van der Waals surface area contributed by atoms with Gasteiger partial charge in [-0.05, 0) is 19.9 Å². The van der Waals surface area contributed by atoms with E-state index in [1.165, 1.54) is 0 Å². The van der Waals surface area contributed by atoms with E-state index in [0.717, 1.165) is 5.69 Å². The summed E-state index contributed by atoms with van der Waals surface area (Å²) in [5, 5.41) is 4.15. The molecule has 128 valence electrons. The predicted octanol–water partition coefficient (Wildman–Crippen LogP) is 0.900. The molecule has 0 radical (unpaired) electrons. The third-order valence-electron chi connectivity index (χ3n) is 4.18. The molecule has 0 aromatic carbocycles. The molecule has 0 aliphatic carbocycles. The van der Waals surface area contributed by atoms with Crippen molar-refractivity contribution in [2.45, 2.75) is 19.9 Å². The fourth-order valence-corrected chi connectivity index (χ4v) is 2.78. The molecule has 1 atom stereocenters. The molecular formula is C16H22N6O2. The minimum atomic E-state index is -0.290. The summed E-state index contributed by atoms with van der Waals surface area (Å²) in [7, 11) is 1.60. The van der Waals surface area contributed by atoms with Crippen LogP contribution in [0.15, 0.2) is 24.5 Å². The Kier molecular flexibility index (Phi) is 4.64. The van der Waals surface area contributed by atoms with Crippen LogP contribution in [0, 0.1) is 6.92 Å². The van der Waals surface area contributed by atoms with Crippen molar-refractivity contribution < 1.29 is 9.53 Å². The van der Waals surface area contributed by atoms with Crippen molar-refractivity contribution in [2.75, 3.05) is 38.2 Å². The van der Waals surface area contributed by atoms with Gasteiger partial charge in [0.05, 0.1) is 7.11 Å². The molecular weight excluding hydrogens is 308 g/mol. The molecule has 0 bridgehead atoms. The third-order valence-corrected chi connectivity index (χ3v) is 4.18. The third kappa shape index (κ3) is 3.32. The lowest BCUT2D eigenvalue weighted by atomic mass is 10.2. The van der Waals surface area contributed by atoms with Gasteiger partial charge in [0.1, 0.15) is 6.04 Å². The van der Waals surface area contributed by atoms with Crippen LogP contribution in [-0.4, -0.2) is 63.8 Å². The van der Waals surface area contributed by atoms with E-state index >= 15 is 0 Å². The number of anilines is 1. The fraction of sp³-hybridized carbons (Fsp3) is 0.500. The number of carbonyl (C=O) groups excluding carboxylic acids is 1. The highest BCUT2D eigenvalue weighted by molar-refractivity contribution is 5.80. The number of ether oxygens (including phenoxy) is 1. The molecule has 1 aliphatic heterocycles. The molecule has 0 spiro atoms. The zero-order valence-electron chi connectivity index (χ0n) is 14.2. The minimum absolute atomic E-state index is 0.0843. The standard InChI is InChI=1S/C16H22N6O2/c1-12-11-14(24-3)19-16(18-12)21-9-7-20(8-10-21)15(23)13(2)22-6-4-5-17-22/h4-6,11,13H,7-10H2,1-3H3/t13-/m0/s1. The normalized spacial score (nSPS) is 16.1. The second kappa shape index (κ2) is 6.86. The number of hydrogen-bond acceptors (Lipinski definition) is 6. The Morgan fingerprint density at radius 3 is 2.62 bits per heavy atom. The van der Waals surface area contributed by atoms with E-state index in [-0.39, 0.29) is 11.9 Å². The Bertz CT molecular complexity index is 695. The van der Waals surface area contributed by atoms with Crippen LogP contribution in [0.4, 0.5) is 5.95 Å². The van der Waals surface area contributed by atoms with Gasteiger partial charge in [0.2, 0.25) is 17.7 Å². The Hall–Kier alpha value is -2.64. The first-order valence-electron chi connectivity index (χ1n) is 8.01. The highest BCUT2D eigenvalue weighted by Crippen LogP contribution is 2.18. The quantitative estimate of drug-likeness (QED) is 0.829. The number of amides is 1. The topological polar surface area (TPSA) is 76.4 Å². The maximum absolute atomic E-state index is 12.6. The van der Waals surface area contributed by atoms with E-state index < -0.39 is 0 Å². The molecule has 0 N–H and O–H groups in total. The van der Waals surface area contributed by atoms with E-state index in [4.69, 9.17) is 4.74 Å². The number of nitrogens with zero attached hydrogens (tertiary/aromatic N) is 6. The van der Waals surface area contributed by atoms with Crippen molar-refractivity contribution in [3.8, 4) is 5.88 Å². The fourth-order valence-electron chi connectivity index (χ4n) is 2.78. The summed E-state index contributed by atoms with van der Waals surface area (Å²) in [6.07, 6.45) is 3.50. The largest absolute Gasteiger partial charge is 0.481 e. The van der Waals surface area contributed by atoms with E-state index in [1.807, 2.05) is 31.0 Å². The monoisotopic (exact) mass is 330 g/mol. The number of aryl methyl sites for hydroxylation is 1. The molecule has 1 saturated heterocycles. The molecule has 0 saturated carbocycles. The first-order valence-corrected chi connectivity index (χ1v) is 8.01. The summed E-state index contributed by atoms with van der Waals surface area (Å²) < 4.78 is 6.89. The lowest BCUT2D eigenvalue weighted by molar-refractivity contribution is -0.134. The van der Waals surface area contributed by atoms with Crippen LogP contribution in [0.1, 0.15) is 18.7 Å². The van der Waals surface area contributed by atoms with E-state index in [2.05, 4.69) is 20.0 Å². The summed E-state index contributed by atoms with van der Waals surface area (Å²) in [5.74, 6) is 1.29. The van der Waals surface area contributed by atoms with Crippen LogP contribution in [-0.2, 0) is 4.79 Å². The lowest BCUT2D eigenvalue weighted by Gasteiger charge is -2.36. The van der Waals surface area contributed by atoms with E-state index in [1.54, 1.807) is 24.1 Å². The predicted molar refractivity (Wildman–Crippen MR) is 89.1 cm³/mol. The van der Waals surface area contributed by atoms with Crippen LogP contribution in [0.5, 0.6) is 5.88 Å². The SMILES string of the molecule is COc1cc(C)nc(N2CCN(C(=O)[C@H](C)n3cccn3)CC2)n1.